The molecule has 0 saturated heterocycles. The van der Waals surface area contributed by atoms with Crippen LogP contribution in [0.2, 0.25) is 0 Å². The molecule has 0 unspecified atom stereocenters. The number of hydrogen-bond donors (Lipinski definition) is 0. The molecule has 1 heterocycles. The van der Waals surface area contributed by atoms with Crippen LogP contribution in [0.1, 0.15) is 5.82 Å². The first-order valence-corrected chi connectivity index (χ1v) is 6.74. The van der Waals surface area contributed by atoms with Gasteiger partial charge in [0.25, 0.3) is 0 Å². The minimum absolute atomic E-state index is 0.0707. The van der Waals surface area contributed by atoms with Crippen molar-refractivity contribution in [2.45, 2.75) is 5.88 Å². The van der Waals surface area contributed by atoms with Gasteiger partial charge in [-0.25, -0.2) is 13.8 Å². The molecule has 0 saturated carbocycles. The summed E-state index contributed by atoms with van der Waals surface area (Å²) in [7, 11) is 1.53. The normalized spacial score (nSPS) is 11.0. The summed E-state index contributed by atoms with van der Waals surface area (Å²) in [5.41, 5.74) is 1.31. The minimum Gasteiger partial charge on any atom is -0.497 e. The van der Waals surface area contributed by atoms with Crippen molar-refractivity contribution in [2.75, 3.05) is 7.11 Å². The Balaban J connectivity index is 2.36. The molecule has 0 spiro atoms. The first kappa shape index (κ1) is 13.8. The maximum atomic E-state index is 14.1. The molecule has 0 fully saturated rings. The zero-order valence-corrected chi connectivity index (χ0v) is 11.9. The van der Waals surface area contributed by atoms with Gasteiger partial charge in [-0.1, -0.05) is 0 Å². The van der Waals surface area contributed by atoms with Crippen LogP contribution >= 0.6 is 11.6 Å². The molecule has 3 aromatic rings. The van der Waals surface area contributed by atoms with Crippen LogP contribution in [0, 0.1) is 11.6 Å². The van der Waals surface area contributed by atoms with Gasteiger partial charge in [0, 0.05) is 12.1 Å². The van der Waals surface area contributed by atoms with Crippen molar-refractivity contribution in [3.63, 3.8) is 0 Å². The number of alkyl halides is 1. The molecule has 0 aliphatic rings. The van der Waals surface area contributed by atoms with Crippen LogP contribution in [-0.2, 0) is 5.88 Å². The molecule has 108 valence electrons. The Kier molecular flexibility index (Phi) is 3.51. The standard InChI is InChI=1S/C15H11ClF2N2O/c1-21-10-3-5-12-14(7-10)20(15(8-16)19-12)13-6-9(17)2-4-11(13)18/h2-7H,8H2,1H3. The van der Waals surface area contributed by atoms with E-state index in [2.05, 4.69) is 4.98 Å². The molecule has 1 aromatic heterocycles. The number of benzene rings is 2. The fraction of sp³-hybridized carbons (Fsp3) is 0.133. The van der Waals surface area contributed by atoms with E-state index in [4.69, 9.17) is 16.3 Å². The summed E-state index contributed by atoms with van der Waals surface area (Å²) in [6.07, 6.45) is 0. The second-order valence-corrected chi connectivity index (χ2v) is 4.71. The molecule has 0 bridgehead atoms. The third-order valence-corrected chi connectivity index (χ3v) is 3.44. The molecule has 0 aliphatic carbocycles. The highest BCUT2D eigenvalue weighted by Gasteiger charge is 2.16. The second kappa shape index (κ2) is 5.33. The first-order chi connectivity index (χ1) is 10.1. The molecule has 0 atom stereocenters. The minimum atomic E-state index is -0.551. The van der Waals surface area contributed by atoms with E-state index in [-0.39, 0.29) is 11.6 Å². The highest BCUT2D eigenvalue weighted by molar-refractivity contribution is 6.17. The first-order valence-electron chi connectivity index (χ1n) is 6.21. The number of methoxy groups -OCH3 is 1. The Bertz CT molecular complexity index is 817. The van der Waals surface area contributed by atoms with Gasteiger partial charge < -0.3 is 4.74 Å². The average molecular weight is 309 g/mol. The molecule has 3 rings (SSSR count). The Morgan fingerprint density at radius 2 is 2.00 bits per heavy atom. The van der Waals surface area contributed by atoms with Gasteiger partial charge in [0.15, 0.2) is 0 Å². The molecule has 0 amide bonds. The number of halogens is 3. The molecule has 0 aliphatic heterocycles. The van der Waals surface area contributed by atoms with E-state index < -0.39 is 11.6 Å². The Hall–Kier alpha value is -2.14. The van der Waals surface area contributed by atoms with E-state index in [9.17, 15) is 8.78 Å². The summed E-state index contributed by atoms with van der Waals surface area (Å²) in [5.74, 6) is 0.0278. The Morgan fingerprint density at radius 3 is 2.71 bits per heavy atom. The number of fused-ring (bicyclic) bond motifs is 1. The Morgan fingerprint density at radius 1 is 1.19 bits per heavy atom. The molecule has 0 N–H and O–H groups in total. The van der Waals surface area contributed by atoms with E-state index in [1.807, 2.05) is 0 Å². The van der Waals surface area contributed by atoms with Crippen LogP contribution in [0.4, 0.5) is 8.78 Å². The van der Waals surface area contributed by atoms with Crippen molar-refractivity contribution >= 4 is 22.6 Å². The zero-order chi connectivity index (χ0) is 15.0. The van der Waals surface area contributed by atoms with Crippen molar-refractivity contribution in [3.05, 3.63) is 53.9 Å². The quantitative estimate of drug-likeness (QED) is 0.683. The van der Waals surface area contributed by atoms with Crippen molar-refractivity contribution in [2.24, 2.45) is 0 Å². The van der Waals surface area contributed by atoms with Crippen molar-refractivity contribution in [1.82, 2.24) is 9.55 Å². The second-order valence-electron chi connectivity index (χ2n) is 4.45. The number of aromatic nitrogens is 2. The van der Waals surface area contributed by atoms with Gasteiger partial charge in [-0.15, -0.1) is 11.6 Å². The van der Waals surface area contributed by atoms with Crippen LogP contribution < -0.4 is 4.74 Å². The van der Waals surface area contributed by atoms with Gasteiger partial charge in [-0.2, -0.15) is 0 Å². The van der Waals surface area contributed by atoms with Gasteiger partial charge in [-0.3, -0.25) is 4.57 Å². The molecule has 0 radical (unpaired) electrons. The number of rotatable bonds is 3. The highest BCUT2D eigenvalue weighted by atomic mass is 35.5. The monoisotopic (exact) mass is 308 g/mol. The van der Waals surface area contributed by atoms with E-state index in [1.165, 1.54) is 11.7 Å². The van der Waals surface area contributed by atoms with Crippen LogP contribution in [-0.4, -0.2) is 16.7 Å². The number of hydrogen-bond acceptors (Lipinski definition) is 2. The fourth-order valence-corrected chi connectivity index (χ4v) is 2.43. The lowest BCUT2D eigenvalue weighted by molar-refractivity contribution is 0.415. The van der Waals surface area contributed by atoms with E-state index in [1.54, 1.807) is 18.2 Å². The summed E-state index contributed by atoms with van der Waals surface area (Å²) in [4.78, 5) is 4.34. The van der Waals surface area contributed by atoms with Crippen LogP contribution in [0.25, 0.3) is 16.7 Å². The zero-order valence-electron chi connectivity index (χ0n) is 11.1. The molecule has 2 aromatic carbocycles. The van der Waals surface area contributed by atoms with E-state index in [0.717, 1.165) is 18.2 Å². The third-order valence-electron chi connectivity index (χ3n) is 3.20. The van der Waals surface area contributed by atoms with Gasteiger partial charge in [0.05, 0.1) is 29.7 Å². The lowest BCUT2D eigenvalue weighted by atomic mass is 10.2. The molecule has 6 heteroatoms. The van der Waals surface area contributed by atoms with Gasteiger partial charge in [0.1, 0.15) is 23.2 Å². The SMILES string of the molecule is COc1ccc2nc(CCl)n(-c3cc(F)ccc3F)c2c1. The molecule has 3 nitrogen and oxygen atoms in total. The maximum Gasteiger partial charge on any atom is 0.147 e. The summed E-state index contributed by atoms with van der Waals surface area (Å²) < 4.78 is 34.2. The van der Waals surface area contributed by atoms with Gasteiger partial charge in [-0.05, 0) is 24.3 Å². The van der Waals surface area contributed by atoms with Gasteiger partial charge >= 0.3 is 0 Å². The number of nitrogens with zero attached hydrogens (tertiary/aromatic N) is 2. The lowest BCUT2D eigenvalue weighted by Gasteiger charge is -2.09. The largest absolute Gasteiger partial charge is 0.497 e. The van der Waals surface area contributed by atoms with Crippen molar-refractivity contribution in [1.29, 1.82) is 0 Å². The number of imidazole rings is 1. The van der Waals surface area contributed by atoms with Crippen LogP contribution in [0.3, 0.4) is 0 Å². The topological polar surface area (TPSA) is 27.1 Å². The Labute approximate surface area is 124 Å². The van der Waals surface area contributed by atoms with Crippen molar-refractivity contribution < 1.29 is 13.5 Å². The predicted octanol–water partition coefficient (Wildman–Crippen LogP) is 4.05. The summed E-state index contributed by atoms with van der Waals surface area (Å²) in [6, 6.07) is 8.47. The average Bonchev–Trinajstić information content (AvgIpc) is 2.87. The van der Waals surface area contributed by atoms with E-state index >= 15 is 0 Å². The molecular weight excluding hydrogens is 298 g/mol. The predicted molar refractivity (Wildman–Crippen MR) is 77.1 cm³/mol. The smallest absolute Gasteiger partial charge is 0.147 e. The van der Waals surface area contributed by atoms with Crippen LogP contribution in [0.5, 0.6) is 5.75 Å². The highest BCUT2D eigenvalue weighted by Crippen LogP contribution is 2.27. The molecular formula is C15H11ClF2N2O. The van der Waals surface area contributed by atoms with E-state index in [0.29, 0.717) is 22.6 Å². The van der Waals surface area contributed by atoms with Gasteiger partial charge in [0.2, 0.25) is 0 Å². The van der Waals surface area contributed by atoms with Crippen LogP contribution in [0.15, 0.2) is 36.4 Å². The van der Waals surface area contributed by atoms with Crippen molar-refractivity contribution in [3.8, 4) is 11.4 Å². The molecule has 21 heavy (non-hydrogen) atoms. The third kappa shape index (κ3) is 2.34. The maximum absolute atomic E-state index is 14.1. The summed E-state index contributed by atoms with van der Waals surface area (Å²) in [5, 5.41) is 0. The summed E-state index contributed by atoms with van der Waals surface area (Å²) >= 11 is 5.89. The summed E-state index contributed by atoms with van der Waals surface area (Å²) in [6.45, 7) is 0. The fourth-order valence-electron chi connectivity index (χ4n) is 2.25. The lowest BCUT2D eigenvalue weighted by Crippen LogP contribution is -2.03. The number of ether oxygens (including phenoxy) is 1.